The highest BCUT2D eigenvalue weighted by atomic mass is 16.5. The Kier molecular flexibility index (Phi) is 3.92. The average molecular weight is 265 g/mol. The monoisotopic (exact) mass is 265 g/mol. The molecule has 2 nitrogen and oxygen atoms in total. The van der Waals surface area contributed by atoms with Crippen molar-refractivity contribution < 1.29 is 4.74 Å². The van der Waals surface area contributed by atoms with E-state index in [0.29, 0.717) is 17.1 Å². The van der Waals surface area contributed by atoms with E-state index in [1.807, 2.05) is 0 Å². The van der Waals surface area contributed by atoms with E-state index >= 15 is 0 Å². The summed E-state index contributed by atoms with van der Waals surface area (Å²) in [6.07, 6.45) is 15.5. The van der Waals surface area contributed by atoms with Crippen LogP contribution in [-0.4, -0.2) is 24.8 Å². The molecule has 1 aliphatic heterocycles. The number of rotatable bonds is 3. The molecule has 19 heavy (non-hydrogen) atoms. The molecule has 0 aromatic rings. The van der Waals surface area contributed by atoms with Gasteiger partial charge in [0.25, 0.3) is 0 Å². The fraction of sp³-hybridized carbons (Fsp3) is 1.00. The van der Waals surface area contributed by atoms with Gasteiger partial charge in [0.05, 0.1) is 11.7 Å². The summed E-state index contributed by atoms with van der Waals surface area (Å²) < 4.78 is 6.57. The van der Waals surface area contributed by atoms with Crippen LogP contribution in [0.15, 0.2) is 0 Å². The molecule has 1 saturated heterocycles. The quantitative estimate of drug-likeness (QED) is 0.831. The predicted octanol–water partition coefficient (Wildman–Crippen LogP) is 4.04. The first-order valence-electron chi connectivity index (χ1n) is 8.48. The second kappa shape index (κ2) is 5.37. The third-order valence-electron chi connectivity index (χ3n) is 6.07. The maximum atomic E-state index is 6.57. The third kappa shape index (κ3) is 3.00. The predicted molar refractivity (Wildman–Crippen MR) is 79.3 cm³/mol. The van der Waals surface area contributed by atoms with Crippen molar-refractivity contribution in [3.05, 3.63) is 0 Å². The Bertz CT molecular complexity index is 310. The summed E-state index contributed by atoms with van der Waals surface area (Å²) in [4.78, 5) is 0. The molecule has 0 aromatic heterocycles. The lowest BCUT2D eigenvalue weighted by atomic mass is 9.81. The van der Waals surface area contributed by atoms with Crippen LogP contribution in [0, 0.1) is 5.41 Å². The van der Waals surface area contributed by atoms with Gasteiger partial charge in [0, 0.05) is 6.04 Å². The Hall–Kier alpha value is -0.0800. The first kappa shape index (κ1) is 13.9. The molecular formula is C17H31NO. The first-order chi connectivity index (χ1) is 9.13. The second-order valence-corrected chi connectivity index (χ2v) is 7.77. The van der Waals surface area contributed by atoms with E-state index in [1.54, 1.807) is 0 Å². The van der Waals surface area contributed by atoms with Crippen molar-refractivity contribution in [3.63, 3.8) is 0 Å². The van der Waals surface area contributed by atoms with Crippen molar-refractivity contribution in [1.82, 2.24) is 5.32 Å². The molecule has 3 aliphatic rings. The summed E-state index contributed by atoms with van der Waals surface area (Å²) >= 11 is 0. The number of hydrogen-bond donors (Lipinski definition) is 1. The Morgan fingerprint density at radius 3 is 2.53 bits per heavy atom. The van der Waals surface area contributed by atoms with Crippen molar-refractivity contribution in [2.75, 3.05) is 7.05 Å². The van der Waals surface area contributed by atoms with Gasteiger partial charge in [-0.3, -0.25) is 0 Å². The summed E-state index contributed by atoms with van der Waals surface area (Å²) in [7, 11) is 2.11. The van der Waals surface area contributed by atoms with Crippen LogP contribution >= 0.6 is 0 Å². The van der Waals surface area contributed by atoms with Gasteiger partial charge in [-0.2, -0.15) is 0 Å². The molecule has 3 fully saturated rings. The molecule has 3 unspecified atom stereocenters. The van der Waals surface area contributed by atoms with Crippen LogP contribution < -0.4 is 5.32 Å². The van der Waals surface area contributed by atoms with E-state index in [1.165, 1.54) is 70.6 Å². The van der Waals surface area contributed by atoms with Gasteiger partial charge in [-0.1, -0.05) is 26.2 Å². The van der Waals surface area contributed by atoms with Crippen molar-refractivity contribution in [3.8, 4) is 0 Å². The number of ether oxygens (including phenoxy) is 1. The highest BCUT2D eigenvalue weighted by molar-refractivity contribution is 4.96. The van der Waals surface area contributed by atoms with Crippen LogP contribution in [0.25, 0.3) is 0 Å². The maximum Gasteiger partial charge on any atom is 0.0687 e. The minimum absolute atomic E-state index is 0.306. The topological polar surface area (TPSA) is 21.3 Å². The molecule has 0 aromatic carbocycles. The molecule has 3 rings (SSSR count). The van der Waals surface area contributed by atoms with Crippen LogP contribution in [0.2, 0.25) is 0 Å². The van der Waals surface area contributed by atoms with E-state index in [4.69, 9.17) is 4.74 Å². The fourth-order valence-electron chi connectivity index (χ4n) is 4.91. The van der Waals surface area contributed by atoms with E-state index < -0.39 is 0 Å². The van der Waals surface area contributed by atoms with E-state index in [2.05, 4.69) is 19.3 Å². The SMILES string of the molecule is CNC1CCC(C)(CC2CCC3(CCCCC3)O2)C1. The van der Waals surface area contributed by atoms with Gasteiger partial charge >= 0.3 is 0 Å². The summed E-state index contributed by atoms with van der Waals surface area (Å²) in [5.74, 6) is 0. The smallest absolute Gasteiger partial charge is 0.0687 e. The molecule has 0 radical (unpaired) electrons. The van der Waals surface area contributed by atoms with Crippen LogP contribution in [-0.2, 0) is 4.74 Å². The van der Waals surface area contributed by atoms with Gasteiger partial charge in [0.2, 0.25) is 0 Å². The Labute approximate surface area is 118 Å². The highest BCUT2D eigenvalue weighted by Crippen LogP contribution is 2.48. The number of nitrogens with one attached hydrogen (secondary N) is 1. The van der Waals surface area contributed by atoms with E-state index in [0.717, 1.165) is 6.04 Å². The second-order valence-electron chi connectivity index (χ2n) is 7.77. The van der Waals surface area contributed by atoms with Crippen molar-refractivity contribution in [2.45, 2.75) is 95.3 Å². The highest BCUT2D eigenvalue weighted by Gasteiger charge is 2.44. The summed E-state index contributed by atoms with van der Waals surface area (Å²) in [6, 6.07) is 0.745. The largest absolute Gasteiger partial charge is 0.372 e. The van der Waals surface area contributed by atoms with Crippen molar-refractivity contribution >= 4 is 0 Å². The molecule has 1 spiro atoms. The normalized spacial score (nSPS) is 42.0. The maximum absolute atomic E-state index is 6.57. The van der Waals surface area contributed by atoms with Crippen LogP contribution in [0.1, 0.15) is 77.6 Å². The van der Waals surface area contributed by atoms with Crippen LogP contribution in [0.5, 0.6) is 0 Å². The Morgan fingerprint density at radius 2 is 1.84 bits per heavy atom. The van der Waals surface area contributed by atoms with Gasteiger partial charge in [0.1, 0.15) is 0 Å². The fourth-order valence-corrected chi connectivity index (χ4v) is 4.91. The van der Waals surface area contributed by atoms with E-state index in [-0.39, 0.29) is 0 Å². The van der Waals surface area contributed by atoms with Gasteiger partial charge in [0.15, 0.2) is 0 Å². The molecule has 0 amide bonds. The Balaban J connectivity index is 1.54. The lowest BCUT2D eigenvalue weighted by Gasteiger charge is -2.35. The summed E-state index contributed by atoms with van der Waals surface area (Å²) in [5, 5.41) is 3.46. The average Bonchev–Trinajstić information content (AvgIpc) is 2.96. The number of hydrogen-bond acceptors (Lipinski definition) is 2. The summed E-state index contributed by atoms with van der Waals surface area (Å²) in [5.41, 5.74) is 0.832. The van der Waals surface area contributed by atoms with Crippen molar-refractivity contribution in [1.29, 1.82) is 0 Å². The van der Waals surface area contributed by atoms with Crippen molar-refractivity contribution in [2.24, 2.45) is 5.41 Å². The lowest BCUT2D eigenvalue weighted by Crippen LogP contribution is -2.33. The molecule has 110 valence electrons. The summed E-state index contributed by atoms with van der Waals surface area (Å²) in [6.45, 7) is 2.49. The molecule has 2 aliphatic carbocycles. The van der Waals surface area contributed by atoms with Gasteiger partial charge in [-0.05, 0) is 63.8 Å². The molecule has 3 atom stereocenters. The minimum Gasteiger partial charge on any atom is -0.372 e. The minimum atomic E-state index is 0.306. The van der Waals surface area contributed by atoms with Crippen LogP contribution in [0.4, 0.5) is 0 Å². The third-order valence-corrected chi connectivity index (χ3v) is 6.07. The van der Waals surface area contributed by atoms with Gasteiger partial charge in [-0.15, -0.1) is 0 Å². The molecule has 1 N–H and O–H groups in total. The van der Waals surface area contributed by atoms with Crippen LogP contribution in [0.3, 0.4) is 0 Å². The Morgan fingerprint density at radius 1 is 1.05 bits per heavy atom. The van der Waals surface area contributed by atoms with E-state index in [9.17, 15) is 0 Å². The molecular weight excluding hydrogens is 234 g/mol. The molecule has 2 heteroatoms. The molecule has 1 heterocycles. The van der Waals surface area contributed by atoms with Gasteiger partial charge in [-0.25, -0.2) is 0 Å². The zero-order valence-electron chi connectivity index (χ0n) is 12.8. The lowest BCUT2D eigenvalue weighted by molar-refractivity contribution is -0.0755. The molecule has 2 saturated carbocycles. The first-order valence-corrected chi connectivity index (χ1v) is 8.48. The molecule has 0 bridgehead atoms. The standard InChI is InChI=1S/C17H31NO/c1-16(10-6-14(12-16)18-2)13-15-7-11-17(19-15)8-4-3-5-9-17/h14-15,18H,3-13H2,1-2H3. The zero-order valence-corrected chi connectivity index (χ0v) is 12.8. The zero-order chi connectivity index (χ0) is 13.3. The van der Waals surface area contributed by atoms with Gasteiger partial charge < -0.3 is 10.1 Å².